The van der Waals surface area contributed by atoms with Gasteiger partial charge in [0.05, 0.1) is 17.3 Å². The number of likely N-dealkylation sites (tertiary alicyclic amines) is 1. The van der Waals surface area contributed by atoms with Crippen LogP contribution in [0.4, 0.5) is 0 Å². The first-order chi connectivity index (χ1) is 13.1. The zero-order valence-electron chi connectivity index (χ0n) is 14.6. The number of aromatic amines is 1. The molecule has 1 atom stereocenters. The maximum atomic E-state index is 12.8. The van der Waals surface area contributed by atoms with E-state index in [9.17, 15) is 9.59 Å². The van der Waals surface area contributed by atoms with Crippen molar-refractivity contribution in [2.45, 2.75) is 25.3 Å². The molecule has 27 heavy (non-hydrogen) atoms. The summed E-state index contributed by atoms with van der Waals surface area (Å²) in [5, 5.41) is 7.07. The number of nitrogens with one attached hydrogen (secondary N) is 1. The SMILES string of the molecule is NC(=O)c1ccc([C@H]2CCCN2C(=O)Cc2nc(-c3ccccc3)n[nH]2)s1. The van der Waals surface area contributed by atoms with Gasteiger partial charge in [0.2, 0.25) is 5.91 Å². The highest BCUT2D eigenvalue weighted by molar-refractivity contribution is 7.14. The molecule has 0 aliphatic carbocycles. The Morgan fingerprint density at radius 2 is 2.04 bits per heavy atom. The average molecular weight is 381 g/mol. The van der Waals surface area contributed by atoms with Gasteiger partial charge in [-0.05, 0) is 25.0 Å². The summed E-state index contributed by atoms with van der Waals surface area (Å²) < 4.78 is 0. The molecule has 0 unspecified atom stereocenters. The van der Waals surface area contributed by atoms with E-state index in [1.165, 1.54) is 11.3 Å². The van der Waals surface area contributed by atoms with Gasteiger partial charge in [-0.1, -0.05) is 30.3 Å². The van der Waals surface area contributed by atoms with Gasteiger partial charge in [-0.3, -0.25) is 14.7 Å². The van der Waals surface area contributed by atoms with E-state index in [0.29, 0.717) is 23.1 Å². The number of nitrogens with two attached hydrogens (primary N) is 1. The quantitative estimate of drug-likeness (QED) is 0.708. The van der Waals surface area contributed by atoms with Crippen molar-refractivity contribution < 1.29 is 9.59 Å². The summed E-state index contributed by atoms with van der Waals surface area (Å²) in [4.78, 5) is 32.0. The Bertz CT molecular complexity index is 965. The minimum Gasteiger partial charge on any atom is -0.365 e. The van der Waals surface area contributed by atoms with Crippen LogP contribution < -0.4 is 5.73 Å². The largest absolute Gasteiger partial charge is 0.365 e. The second kappa shape index (κ2) is 7.32. The third-order valence-electron chi connectivity index (χ3n) is 4.65. The lowest BCUT2D eigenvalue weighted by Gasteiger charge is -2.23. The summed E-state index contributed by atoms with van der Waals surface area (Å²) >= 11 is 1.36. The number of hydrogen-bond donors (Lipinski definition) is 2. The molecule has 1 fully saturated rings. The Morgan fingerprint density at radius 1 is 1.22 bits per heavy atom. The zero-order valence-corrected chi connectivity index (χ0v) is 15.4. The molecule has 0 spiro atoms. The lowest BCUT2D eigenvalue weighted by atomic mass is 10.2. The molecule has 3 aromatic rings. The first-order valence-corrected chi connectivity index (χ1v) is 9.59. The molecule has 1 aromatic carbocycles. The number of primary amides is 1. The highest BCUT2D eigenvalue weighted by atomic mass is 32.1. The highest BCUT2D eigenvalue weighted by Crippen LogP contribution is 2.36. The number of carbonyl (C=O) groups excluding carboxylic acids is 2. The van der Waals surface area contributed by atoms with Crippen LogP contribution in [0.1, 0.15) is 39.3 Å². The van der Waals surface area contributed by atoms with E-state index < -0.39 is 5.91 Å². The van der Waals surface area contributed by atoms with Crippen LogP contribution >= 0.6 is 11.3 Å². The van der Waals surface area contributed by atoms with Crippen molar-refractivity contribution in [1.82, 2.24) is 20.1 Å². The predicted octanol–water partition coefficient (Wildman–Crippen LogP) is 2.54. The van der Waals surface area contributed by atoms with Gasteiger partial charge in [0.25, 0.3) is 5.91 Å². The summed E-state index contributed by atoms with van der Waals surface area (Å²) in [7, 11) is 0. The molecule has 1 aliphatic rings. The first-order valence-electron chi connectivity index (χ1n) is 8.77. The van der Waals surface area contributed by atoms with Crippen LogP contribution in [0.15, 0.2) is 42.5 Å². The van der Waals surface area contributed by atoms with Gasteiger partial charge in [-0.25, -0.2) is 4.98 Å². The lowest BCUT2D eigenvalue weighted by molar-refractivity contribution is -0.131. The van der Waals surface area contributed by atoms with Crippen molar-refractivity contribution in [3.63, 3.8) is 0 Å². The third-order valence-corrected chi connectivity index (χ3v) is 5.85. The van der Waals surface area contributed by atoms with E-state index in [4.69, 9.17) is 5.73 Å². The van der Waals surface area contributed by atoms with Crippen LogP contribution in [-0.2, 0) is 11.2 Å². The van der Waals surface area contributed by atoms with Crippen molar-refractivity contribution in [3.05, 3.63) is 58.0 Å². The second-order valence-electron chi connectivity index (χ2n) is 6.46. The molecule has 2 aromatic heterocycles. The van der Waals surface area contributed by atoms with Crippen LogP contribution in [0, 0.1) is 0 Å². The van der Waals surface area contributed by atoms with E-state index in [1.807, 2.05) is 41.3 Å². The fourth-order valence-corrected chi connectivity index (χ4v) is 4.37. The molecule has 138 valence electrons. The molecule has 8 heteroatoms. The molecule has 3 N–H and O–H groups in total. The molecular weight excluding hydrogens is 362 g/mol. The van der Waals surface area contributed by atoms with E-state index in [1.54, 1.807) is 6.07 Å². The molecule has 7 nitrogen and oxygen atoms in total. The van der Waals surface area contributed by atoms with Gasteiger partial charge in [0.15, 0.2) is 5.82 Å². The second-order valence-corrected chi connectivity index (χ2v) is 7.58. The van der Waals surface area contributed by atoms with Crippen LogP contribution in [0.3, 0.4) is 0 Å². The monoisotopic (exact) mass is 381 g/mol. The number of nitrogens with zero attached hydrogens (tertiary/aromatic N) is 3. The molecule has 0 radical (unpaired) electrons. The number of carbonyl (C=O) groups is 2. The van der Waals surface area contributed by atoms with Gasteiger partial charge >= 0.3 is 0 Å². The maximum absolute atomic E-state index is 12.8. The topological polar surface area (TPSA) is 105 Å². The third kappa shape index (κ3) is 3.61. The molecule has 1 aliphatic heterocycles. The minimum absolute atomic E-state index is 0.00212. The van der Waals surface area contributed by atoms with E-state index in [-0.39, 0.29) is 18.4 Å². The van der Waals surface area contributed by atoms with Crippen LogP contribution in [0.2, 0.25) is 0 Å². The molecule has 1 saturated heterocycles. The normalized spacial score (nSPS) is 16.6. The minimum atomic E-state index is -0.433. The summed E-state index contributed by atoms with van der Waals surface area (Å²) in [5.41, 5.74) is 6.25. The summed E-state index contributed by atoms with van der Waals surface area (Å²) in [6.45, 7) is 0.701. The Hall–Kier alpha value is -3.00. The molecule has 0 bridgehead atoms. The maximum Gasteiger partial charge on any atom is 0.258 e. The number of thiophene rings is 1. The summed E-state index contributed by atoms with van der Waals surface area (Å²) in [5.74, 6) is 0.703. The summed E-state index contributed by atoms with van der Waals surface area (Å²) in [6.07, 6.45) is 1.99. The number of rotatable bonds is 5. The van der Waals surface area contributed by atoms with E-state index in [0.717, 1.165) is 23.3 Å². The number of hydrogen-bond acceptors (Lipinski definition) is 5. The van der Waals surface area contributed by atoms with Crippen molar-refractivity contribution in [3.8, 4) is 11.4 Å². The molecule has 3 heterocycles. The molecule has 2 amide bonds. The smallest absolute Gasteiger partial charge is 0.258 e. The fourth-order valence-electron chi connectivity index (χ4n) is 3.36. The fraction of sp³-hybridized carbons (Fsp3) is 0.263. The van der Waals surface area contributed by atoms with Gasteiger partial charge in [0, 0.05) is 17.0 Å². The number of aromatic nitrogens is 3. The van der Waals surface area contributed by atoms with Gasteiger partial charge < -0.3 is 10.6 Å². The highest BCUT2D eigenvalue weighted by Gasteiger charge is 2.31. The number of benzene rings is 1. The Kier molecular flexibility index (Phi) is 4.72. The van der Waals surface area contributed by atoms with E-state index >= 15 is 0 Å². The number of amides is 2. The Morgan fingerprint density at radius 3 is 2.78 bits per heavy atom. The van der Waals surface area contributed by atoms with Crippen LogP contribution in [0.5, 0.6) is 0 Å². The Labute approximate surface area is 160 Å². The van der Waals surface area contributed by atoms with Crippen molar-refractivity contribution >= 4 is 23.2 Å². The zero-order chi connectivity index (χ0) is 18.8. The molecule has 0 saturated carbocycles. The van der Waals surface area contributed by atoms with Gasteiger partial charge in [-0.2, -0.15) is 5.10 Å². The van der Waals surface area contributed by atoms with Crippen molar-refractivity contribution in [2.24, 2.45) is 5.73 Å². The number of H-pyrrole nitrogens is 1. The lowest BCUT2D eigenvalue weighted by Crippen LogP contribution is -2.31. The van der Waals surface area contributed by atoms with Crippen LogP contribution in [-0.4, -0.2) is 38.4 Å². The van der Waals surface area contributed by atoms with E-state index in [2.05, 4.69) is 15.2 Å². The van der Waals surface area contributed by atoms with Gasteiger partial charge in [0.1, 0.15) is 5.82 Å². The summed E-state index contributed by atoms with van der Waals surface area (Å²) in [6, 6.07) is 13.3. The van der Waals surface area contributed by atoms with Crippen LogP contribution in [0.25, 0.3) is 11.4 Å². The van der Waals surface area contributed by atoms with Crippen molar-refractivity contribution in [1.29, 1.82) is 0 Å². The van der Waals surface area contributed by atoms with Crippen molar-refractivity contribution in [2.75, 3.05) is 6.54 Å². The van der Waals surface area contributed by atoms with Gasteiger partial charge in [-0.15, -0.1) is 11.3 Å². The standard InChI is InChI=1S/C19H19N5O2S/c20-18(26)15-9-8-14(27-15)13-7-4-10-24(13)17(25)11-16-21-19(23-22-16)12-5-2-1-3-6-12/h1-3,5-6,8-9,13H,4,7,10-11H2,(H2,20,26)(H,21,22,23)/t13-/m1/s1. The first kappa shape index (κ1) is 17.4. The average Bonchev–Trinajstić information content (AvgIpc) is 3.41. The Balaban J connectivity index is 1.47. The molecular formula is C19H19N5O2S. The molecule has 4 rings (SSSR count). The predicted molar refractivity (Wildman–Crippen MR) is 102 cm³/mol.